The number of amides is 2. The molecule has 1 N–H and O–H groups in total. The van der Waals surface area contributed by atoms with E-state index in [0.717, 1.165) is 4.90 Å². The maximum atomic E-state index is 12.4. The highest BCUT2D eigenvalue weighted by Gasteiger charge is 2.29. The van der Waals surface area contributed by atoms with Crippen LogP contribution in [0.3, 0.4) is 0 Å². The van der Waals surface area contributed by atoms with E-state index < -0.39 is 9.84 Å². The summed E-state index contributed by atoms with van der Waals surface area (Å²) in [7, 11) is -3.04. The van der Waals surface area contributed by atoms with Gasteiger partial charge in [-0.25, -0.2) is 8.42 Å². The van der Waals surface area contributed by atoms with Crippen LogP contribution in [0, 0.1) is 13.8 Å². The van der Waals surface area contributed by atoms with Crippen LogP contribution in [0.25, 0.3) is 0 Å². The van der Waals surface area contributed by atoms with Crippen molar-refractivity contribution in [1.29, 1.82) is 0 Å². The lowest BCUT2D eigenvalue weighted by Crippen LogP contribution is -2.45. The number of hydrogen-bond donors (Lipinski definition) is 1. The summed E-state index contributed by atoms with van der Waals surface area (Å²) in [5.74, 6) is -0.0486. The van der Waals surface area contributed by atoms with E-state index in [4.69, 9.17) is 0 Å². The largest absolute Gasteiger partial charge is 0.351 e. The summed E-state index contributed by atoms with van der Waals surface area (Å²) in [5.41, 5.74) is 2.39. The lowest BCUT2D eigenvalue weighted by Gasteiger charge is -2.21. The van der Waals surface area contributed by atoms with Crippen LogP contribution in [0.2, 0.25) is 0 Å². The van der Waals surface area contributed by atoms with E-state index in [1.807, 2.05) is 32.9 Å². The summed E-state index contributed by atoms with van der Waals surface area (Å²) in [4.78, 5) is 27.1. The Labute approximate surface area is 159 Å². The average molecular weight is 399 g/mol. The maximum absolute atomic E-state index is 12.4. The molecule has 1 atom stereocenters. The number of carbonyl (C=O) groups excluding carboxylic acids is 2. The van der Waals surface area contributed by atoms with Gasteiger partial charge < -0.3 is 10.2 Å². The summed E-state index contributed by atoms with van der Waals surface area (Å²) in [6, 6.07) is 5.73. The average Bonchev–Trinajstić information content (AvgIpc) is 2.91. The highest BCUT2D eigenvalue weighted by atomic mass is 32.2. The first-order valence-electron chi connectivity index (χ1n) is 8.68. The third-order valence-corrected chi connectivity index (χ3v) is 7.25. The fourth-order valence-electron chi connectivity index (χ4n) is 2.77. The predicted octanol–water partition coefficient (Wildman–Crippen LogP) is 1.55. The lowest BCUT2D eigenvalue weighted by molar-refractivity contribution is -0.134. The van der Waals surface area contributed by atoms with E-state index in [9.17, 15) is 18.0 Å². The number of sulfone groups is 1. The monoisotopic (exact) mass is 398 g/mol. The molecule has 0 aliphatic carbocycles. The second-order valence-corrected chi connectivity index (χ2v) is 9.89. The van der Waals surface area contributed by atoms with Crippen molar-refractivity contribution in [2.45, 2.75) is 38.1 Å². The quantitative estimate of drug-likeness (QED) is 0.705. The summed E-state index contributed by atoms with van der Waals surface area (Å²) in [5, 5.41) is 2.72. The van der Waals surface area contributed by atoms with Crippen molar-refractivity contribution in [3.8, 4) is 0 Å². The second-order valence-electron chi connectivity index (χ2n) is 6.61. The number of aryl methyl sites for hydroxylation is 2. The fraction of sp³-hybridized carbons (Fsp3) is 0.556. The Kier molecular flexibility index (Phi) is 7.11. The van der Waals surface area contributed by atoms with E-state index in [-0.39, 0.29) is 41.7 Å². The van der Waals surface area contributed by atoms with E-state index in [1.54, 1.807) is 0 Å². The van der Waals surface area contributed by atoms with Crippen LogP contribution in [0.1, 0.15) is 24.5 Å². The van der Waals surface area contributed by atoms with E-state index in [0.29, 0.717) is 13.0 Å². The van der Waals surface area contributed by atoms with Gasteiger partial charge in [0.25, 0.3) is 0 Å². The third-order valence-electron chi connectivity index (χ3n) is 4.51. The molecule has 1 aliphatic heterocycles. The zero-order valence-corrected chi connectivity index (χ0v) is 17.1. The van der Waals surface area contributed by atoms with Gasteiger partial charge in [0.15, 0.2) is 9.84 Å². The van der Waals surface area contributed by atoms with Gasteiger partial charge in [-0.15, -0.1) is 11.8 Å². The molecule has 0 saturated carbocycles. The number of rotatable bonds is 7. The van der Waals surface area contributed by atoms with Crippen LogP contribution < -0.4 is 5.32 Å². The van der Waals surface area contributed by atoms with Crippen LogP contribution >= 0.6 is 11.8 Å². The topological polar surface area (TPSA) is 83.6 Å². The first-order valence-corrected chi connectivity index (χ1v) is 11.5. The molecule has 0 unspecified atom stereocenters. The van der Waals surface area contributed by atoms with Crippen molar-refractivity contribution in [3.63, 3.8) is 0 Å². The molecule has 1 saturated heterocycles. The Balaban J connectivity index is 1.83. The molecule has 0 bridgehead atoms. The Morgan fingerprint density at radius 1 is 1.27 bits per heavy atom. The van der Waals surface area contributed by atoms with Gasteiger partial charge in [0.05, 0.1) is 23.8 Å². The molecule has 1 aliphatic rings. The number of hydrogen-bond acceptors (Lipinski definition) is 5. The van der Waals surface area contributed by atoms with Gasteiger partial charge in [-0.3, -0.25) is 9.59 Å². The Bertz CT molecular complexity index is 777. The van der Waals surface area contributed by atoms with Crippen molar-refractivity contribution >= 4 is 33.4 Å². The molecule has 144 valence electrons. The standard InChI is InChI=1S/C18H26N2O4S2/c1-4-20(10-17(21)19-15-7-8-26(23,24)12-15)18(22)11-25-16-6-5-13(2)14(3)9-16/h5-6,9,15H,4,7-8,10-12H2,1-3H3,(H,19,21)/t15-/m0/s1. The van der Waals surface area contributed by atoms with Gasteiger partial charge in [-0.05, 0) is 50.5 Å². The molecule has 1 heterocycles. The molecule has 0 spiro atoms. The highest BCUT2D eigenvalue weighted by molar-refractivity contribution is 8.00. The minimum atomic E-state index is -3.04. The van der Waals surface area contributed by atoms with Crippen LogP contribution in [0.4, 0.5) is 0 Å². The number of carbonyl (C=O) groups is 2. The number of nitrogens with one attached hydrogen (secondary N) is 1. The summed E-state index contributed by atoms with van der Waals surface area (Å²) in [6.07, 6.45) is 0.441. The van der Waals surface area contributed by atoms with Crippen LogP contribution in [0.5, 0.6) is 0 Å². The molecule has 1 aromatic rings. The van der Waals surface area contributed by atoms with Gasteiger partial charge in [-0.2, -0.15) is 0 Å². The molecule has 26 heavy (non-hydrogen) atoms. The Morgan fingerprint density at radius 3 is 2.58 bits per heavy atom. The lowest BCUT2D eigenvalue weighted by atomic mass is 10.1. The molecule has 2 amide bonds. The molecule has 0 radical (unpaired) electrons. The highest BCUT2D eigenvalue weighted by Crippen LogP contribution is 2.21. The maximum Gasteiger partial charge on any atom is 0.239 e. The zero-order chi connectivity index (χ0) is 19.3. The van der Waals surface area contributed by atoms with E-state index >= 15 is 0 Å². The summed E-state index contributed by atoms with van der Waals surface area (Å²) >= 11 is 1.45. The van der Waals surface area contributed by atoms with Crippen molar-refractivity contribution in [1.82, 2.24) is 10.2 Å². The SMILES string of the molecule is CCN(CC(=O)N[C@H]1CCS(=O)(=O)C1)C(=O)CSc1ccc(C)c(C)c1. The fourth-order valence-corrected chi connectivity index (χ4v) is 5.34. The van der Waals surface area contributed by atoms with E-state index in [1.165, 1.54) is 27.8 Å². The minimum Gasteiger partial charge on any atom is -0.351 e. The number of nitrogens with zero attached hydrogens (tertiary/aromatic N) is 1. The Hall–Kier alpha value is -1.54. The van der Waals surface area contributed by atoms with E-state index in [2.05, 4.69) is 11.4 Å². The number of likely N-dealkylation sites (N-methyl/N-ethyl adjacent to an activating group) is 1. The molecule has 1 aromatic carbocycles. The first kappa shape index (κ1) is 20.8. The van der Waals surface area contributed by atoms with Gasteiger partial charge in [-0.1, -0.05) is 6.07 Å². The van der Waals surface area contributed by atoms with Crippen molar-refractivity contribution in [2.75, 3.05) is 30.3 Å². The third kappa shape index (κ3) is 6.02. The molecular weight excluding hydrogens is 372 g/mol. The molecule has 8 heteroatoms. The van der Waals surface area contributed by atoms with Gasteiger partial charge in [0.2, 0.25) is 11.8 Å². The van der Waals surface area contributed by atoms with Gasteiger partial charge in [0.1, 0.15) is 0 Å². The minimum absolute atomic E-state index is 0.0125. The summed E-state index contributed by atoms with van der Waals surface area (Å²) < 4.78 is 22.9. The number of benzene rings is 1. The van der Waals surface area contributed by atoms with Crippen molar-refractivity contribution in [3.05, 3.63) is 29.3 Å². The molecule has 1 fully saturated rings. The zero-order valence-electron chi connectivity index (χ0n) is 15.4. The first-order chi connectivity index (χ1) is 12.2. The van der Waals surface area contributed by atoms with Gasteiger partial charge >= 0.3 is 0 Å². The van der Waals surface area contributed by atoms with Crippen molar-refractivity contribution < 1.29 is 18.0 Å². The predicted molar refractivity (Wildman–Crippen MR) is 104 cm³/mol. The summed E-state index contributed by atoms with van der Waals surface area (Å²) in [6.45, 7) is 6.29. The van der Waals surface area contributed by atoms with Crippen LogP contribution in [-0.2, 0) is 19.4 Å². The molecule has 2 rings (SSSR count). The molecule has 0 aromatic heterocycles. The Morgan fingerprint density at radius 2 is 2.00 bits per heavy atom. The van der Waals surface area contributed by atoms with Crippen LogP contribution in [-0.4, -0.2) is 61.5 Å². The normalized spacial score (nSPS) is 18.5. The second kappa shape index (κ2) is 8.90. The molecule has 6 nitrogen and oxygen atoms in total. The van der Waals surface area contributed by atoms with Gasteiger partial charge in [0, 0.05) is 17.5 Å². The molecular formula is C18H26N2O4S2. The smallest absolute Gasteiger partial charge is 0.239 e. The van der Waals surface area contributed by atoms with Crippen molar-refractivity contribution in [2.24, 2.45) is 0 Å². The van der Waals surface area contributed by atoms with Crippen LogP contribution in [0.15, 0.2) is 23.1 Å². The number of thioether (sulfide) groups is 1.